The highest BCUT2D eigenvalue weighted by atomic mass is 19.4. The van der Waals surface area contributed by atoms with Gasteiger partial charge in [-0.1, -0.05) is 6.07 Å². The molecule has 2 fully saturated rings. The van der Waals surface area contributed by atoms with Crippen molar-refractivity contribution in [3.63, 3.8) is 0 Å². The minimum atomic E-state index is -5.23. The van der Waals surface area contributed by atoms with Crippen molar-refractivity contribution >= 4 is 16.8 Å². The molecule has 3 aliphatic rings. The summed E-state index contributed by atoms with van der Waals surface area (Å²) in [5.74, 6) is -0.805. The molecule has 1 unspecified atom stereocenters. The molecule has 1 saturated carbocycles. The number of hydrogen-bond donors (Lipinski definition) is 2. The van der Waals surface area contributed by atoms with Crippen LogP contribution >= 0.6 is 0 Å². The van der Waals surface area contributed by atoms with Crippen LogP contribution in [0.1, 0.15) is 41.4 Å². The Hall–Kier alpha value is -4.29. The van der Waals surface area contributed by atoms with Crippen LogP contribution in [0.5, 0.6) is 11.5 Å². The van der Waals surface area contributed by atoms with E-state index >= 15 is 0 Å². The van der Waals surface area contributed by atoms with Crippen molar-refractivity contribution in [2.24, 2.45) is 0 Å². The van der Waals surface area contributed by atoms with Crippen molar-refractivity contribution < 1.29 is 36.9 Å². The third kappa shape index (κ3) is 4.38. The lowest BCUT2D eigenvalue weighted by molar-refractivity contribution is -0.265. The number of benzene rings is 2. The van der Waals surface area contributed by atoms with Crippen LogP contribution in [-0.4, -0.2) is 64.4 Å². The number of alkyl halides is 3. The molecule has 4 heterocycles. The average Bonchev–Trinajstić information content (AvgIpc) is 3.91. The first-order valence-corrected chi connectivity index (χ1v) is 14.1. The van der Waals surface area contributed by atoms with E-state index in [9.17, 15) is 27.5 Å². The lowest BCUT2D eigenvalue weighted by Crippen LogP contribution is -2.51. The molecular weight excluding hydrogens is 580 g/mol. The van der Waals surface area contributed by atoms with Gasteiger partial charge in [-0.3, -0.25) is 14.7 Å². The second-order valence-corrected chi connectivity index (χ2v) is 11.9. The molecule has 8 nitrogen and oxygen atoms in total. The van der Waals surface area contributed by atoms with E-state index in [0.29, 0.717) is 34.3 Å². The third-order valence-electron chi connectivity index (χ3n) is 9.05. The van der Waals surface area contributed by atoms with Crippen molar-refractivity contribution in [1.29, 1.82) is 0 Å². The fraction of sp³-hybridized carbons (Fsp3) is 0.344. The maximum absolute atomic E-state index is 14.8. The zero-order valence-corrected chi connectivity index (χ0v) is 23.8. The smallest absolute Gasteiger partial charge is 0.424 e. The molecule has 3 atom stereocenters. The average molecular weight is 609 g/mol. The van der Waals surface area contributed by atoms with Crippen molar-refractivity contribution in [3.05, 3.63) is 83.4 Å². The van der Waals surface area contributed by atoms with E-state index in [-0.39, 0.29) is 29.2 Å². The van der Waals surface area contributed by atoms with Crippen LogP contribution in [-0.2, 0) is 11.1 Å². The molecule has 44 heavy (non-hydrogen) atoms. The minimum Gasteiger partial charge on any atom is -0.494 e. The standard InChI is InChI=1S/C32H28F4N4O4/c1-29(9-10-29)40-16-30(40)17-44-27-22(30)14-24(39-26(27)18-5-7-21(33)8-6-18)31(42,32(34,35)36)15-38-28(41)20-12-19-4-3-11-37-25(19)23(13-20)43-2/h3-8,11-14,42H,9-10,15-17H2,1-2H3,(H,38,41)/t30-,31+,40?/m1/s1. The van der Waals surface area contributed by atoms with Crippen LogP contribution in [0.2, 0.25) is 0 Å². The summed E-state index contributed by atoms with van der Waals surface area (Å²) in [4.78, 5) is 23.9. The summed E-state index contributed by atoms with van der Waals surface area (Å²) in [5.41, 5.74) is -3.61. The van der Waals surface area contributed by atoms with E-state index in [2.05, 4.69) is 27.1 Å². The molecule has 1 aliphatic carbocycles. The molecule has 228 valence electrons. The van der Waals surface area contributed by atoms with E-state index in [0.717, 1.165) is 12.8 Å². The number of carbonyl (C=O) groups is 1. The molecule has 2 N–H and O–H groups in total. The molecule has 0 bridgehead atoms. The van der Waals surface area contributed by atoms with E-state index in [1.165, 1.54) is 49.6 Å². The van der Waals surface area contributed by atoms with Gasteiger partial charge >= 0.3 is 6.18 Å². The molecule has 2 aromatic heterocycles. The normalized spacial score (nSPS) is 22.7. The molecule has 2 aromatic carbocycles. The Morgan fingerprint density at radius 1 is 1.16 bits per heavy atom. The Morgan fingerprint density at radius 3 is 2.59 bits per heavy atom. The van der Waals surface area contributed by atoms with E-state index in [1.54, 1.807) is 18.3 Å². The number of nitrogens with one attached hydrogen (secondary N) is 1. The third-order valence-corrected chi connectivity index (χ3v) is 9.05. The Balaban J connectivity index is 1.29. The Morgan fingerprint density at radius 2 is 1.91 bits per heavy atom. The van der Waals surface area contributed by atoms with Gasteiger partial charge in [-0.15, -0.1) is 0 Å². The number of halogens is 4. The topological polar surface area (TPSA) is 96.6 Å². The second kappa shape index (κ2) is 9.60. The minimum absolute atomic E-state index is 0.0273. The number of rotatable bonds is 7. The van der Waals surface area contributed by atoms with Gasteiger partial charge in [0.05, 0.1) is 24.9 Å². The molecule has 4 aromatic rings. The highest BCUT2D eigenvalue weighted by Gasteiger charge is 2.68. The largest absolute Gasteiger partial charge is 0.494 e. The Labute approximate surface area is 249 Å². The first kappa shape index (κ1) is 28.5. The van der Waals surface area contributed by atoms with E-state index < -0.39 is 41.3 Å². The van der Waals surface area contributed by atoms with E-state index in [1.807, 2.05) is 0 Å². The molecule has 12 heteroatoms. The number of amides is 1. The molecule has 0 radical (unpaired) electrons. The molecule has 2 aliphatic heterocycles. The summed E-state index contributed by atoms with van der Waals surface area (Å²) < 4.78 is 69.7. The number of ether oxygens (including phenoxy) is 2. The summed E-state index contributed by atoms with van der Waals surface area (Å²) in [5, 5.41) is 14.2. The number of fused-ring (bicyclic) bond motifs is 3. The zero-order valence-electron chi connectivity index (χ0n) is 23.8. The first-order valence-electron chi connectivity index (χ1n) is 14.1. The molecule has 1 saturated heterocycles. The van der Waals surface area contributed by atoms with Crippen LogP contribution in [0.15, 0.2) is 60.8 Å². The summed E-state index contributed by atoms with van der Waals surface area (Å²) in [6, 6.07) is 12.6. The summed E-state index contributed by atoms with van der Waals surface area (Å²) >= 11 is 0. The number of methoxy groups -OCH3 is 1. The fourth-order valence-electron chi connectivity index (χ4n) is 6.14. The number of aromatic nitrogens is 2. The number of nitrogens with zero attached hydrogens (tertiary/aromatic N) is 3. The Bertz CT molecular complexity index is 1810. The highest BCUT2D eigenvalue weighted by Crippen LogP contribution is 2.62. The SMILES string of the molecule is COc1cc(C(=O)NC[C@](O)(c2cc3c(c(-c4ccc(F)cc4)n2)OC[C@]32CN2C2(C)CC2)C(F)(F)F)cc2cccnc12. The van der Waals surface area contributed by atoms with Crippen LogP contribution < -0.4 is 14.8 Å². The van der Waals surface area contributed by atoms with Crippen LogP contribution in [0.3, 0.4) is 0 Å². The maximum Gasteiger partial charge on any atom is 0.424 e. The van der Waals surface area contributed by atoms with Gasteiger partial charge in [0.25, 0.3) is 5.91 Å². The zero-order chi connectivity index (χ0) is 31.1. The molecular formula is C32H28F4N4O4. The van der Waals surface area contributed by atoms with Crippen LogP contribution in [0.4, 0.5) is 17.6 Å². The van der Waals surface area contributed by atoms with Gasteiger partial charge in [0, 0.05) is 40.4 Å². The van der Waals surface area contributed by atoms with Gasteiger partial charge in [0.1, 0.15) is 29.4 Å². The number of pyridine rings is 2. The maximum atomic E-state index is 14.8. The lowest BCUT2D eigenvalue weighted by Gasteiger charge is -2.31. The van der Waals surface area contributed by atoms with Gasteiger partial charge in [0.15, 0.2) is 5.75 Å². The van der Waals surface area contributed by atoms with Gasteiger partial charge in [0.2, 0.25) is 5.60 Å². The molecule has 1 amide bonds. The summed E-state index contributed by atoms with van der Waals surface area (Å²) in [6.07, 6.45) is -1.76. The van der Waals surface area contributed by atoms with Gasteiger partial charge in [-0.25, -0.2) is 9.37 Å². The van der Waals surface area contributed by atoms with Crippen molar-refractivity contribution in [2.45, 2.75) is 42.6 Å². The highest BCUT2D eigenvalue weighted by molar-refractivity contribution is 5.99. The predicted octanol–water partition coefficient (Wildman–Crippen LogP) is 5.08. The van der Waals surface area contributed by atoms with Crippen molar-refractivity contribution in [3.8, 4) is 22.8 Å². The fourth-order valence-corrected chi connectivity index (χ4v) is 6.14. The van der Waals surface area contributed by atoms with Crippen LogP contribution in [0.25, 0.3) is 22.2 Å². The van der Waals surface area contributed by atoms with Gasteiger partial charge in [-0.05, 0) is 68.3 Å². The lowest BCUT2D eigenvalue weighted by atomic mass is 9.91. The van der Waals surface area contributed by atoms with Gasteiger partial charge < -0.3 is 19.9 Å². The second-order valence-electron chi connectivity index (χ2n) is 11.9. The van der Waals surface area contributed by atoms with Crippen molar-refractivity contribution in [2.75, 3.05) is 26.8 Å². The quantitative estimate of drug-likeness (QED) is 0.223. The first-order chi connectivity index (χ1) is 20.9. The van der Waals surface area contributed by atoms with Gasteiger partial charge in [-0.2, -0.15) is 13.2 Å². The molecule has 7 rings (SSSR count). The van der Waals surface area contributed by atoms with E-state index in [4.69, 9.17) is 9.47 Å². The summed E-state index contributed by atoms with van der Waals surface area (Å²) in [6.45, 7) is 1.69. The number of hydrogen-bond acceptors (Lipinski definition) is 7. The number of carbonyl (C=O) groups excluding carboxylic acids is 1. The van der Waals surface area contributed by atoms with Crippen LogP contribution in [0, 0.1) is 5.82 Å². The number of aliphatic hydroxyl groups is 1. The van der Waals surface area contributed by atoms with Crippen molar-refractivity contribution in [1.82, 2.24) is 20.2 Å². The molecule has 1 spiro atoms. The summed E-state index contributed by atoms with van der Waals surface area (Å²) in [7, 11) is 1.40. The Kier molecular flexibility index (Phi) is 6.22. The monoisotopic (exact) mass is 608 g/mol. The predicted molar refractivity (Wildman–Crippen MR) is 152 cm³/mol.